The smallest absolute Gasteiger partial charge is 0.151 e. The van der Waals surface area contributed by atoms with Crippen molar-refractivity contribution >= 4 is 29.4 Å². The van der Waals surface area contributed by atoms with Crippen LogP contribution in [0.4, 0.5) is 0 Å². The van der Waals surface area contributed by atoms with Gasteiger partial charge in [-0.25, -0.2) is 4.98 Å². The zero-order valence-electron chi connectivity index (χ0n) is 7.21. The van der Waals surface area contributed by atoms with Crippen LogP contribution in [0, 0.1) is 0 Å². The summed E-state index contributed by atoms with van der Waals surface area (Å²) >= 11 is 3.29. The van der Waals surface area contributed by atoms with E-state index in [-0.39, 0.29) is 0 Å². The quantitative estimate of drug-likeness (QED) is 0.746. The van der Waals surface area contributed by atoms with Crippen molar-refractivity contribution in [2.24, 2.45) is 0 Å². The van der Waals surface area contributed by atoms with E-state index in [1.165, 1.54) is 4.21 Å². The van der Waals surface area contributed by atoms with E-state index < -0.39 is 0 Å². The van der Waals surface area contributed by atoms with Crippen molar-refractivity contribution in [2.75, 3.05) is 0 Å². The summed E-state index contributed by atoms with van der Waals surface area (Å²) in [6.45, 7) is 0. The fraction of sp³-hybridized carbons (Fsp3) is 0. The molecule has 2 rings (SSSR count). The summed E-state index contributed by atoms with van der Waals surface area (Å²) in [5.74, 6) is 0. The zero-order chi connectivity index (χ0) is 9.80. The molecule has 0 atom stereocenters. The largest absolute Gasteiger partial charge is 0.298 e. The topological polar surface area (TPSA) is 30.0 Å². The van der Waals surface area contributed by atoms with Crippen molar-refractivity contribution in [1.82, 2.24) is 4.98 Å². The maximum Gasteiger partial charge on any atom is 0.151 e. The maximum absolute atomic E-state index is 10.4. The Bertz CT molecular complexity index is 408. The molecule has 2 aromatic heterocycles. The van der Waals surface area contributed by atoms with Gasteiger partial charge >= 0.3 is 0 Å². The lowest BCUT2D eigenvalue weighted by molar-refractivity contribution is 0.112. The number of hydrogen-bond donors (Lipinski definition) is 0. The predicted octanol–water partition coefficient (Wildman–Crippen LogP) is 3.11. The normalized spacial score (nSPS) is 10.0. The molecular formula is C10H7NOS2. The first-order valence-electron chi connectivity index (χ1n) is 4.01. The minimum absolute atomic E-state index is 0.612. The molecular weight excluding hydrogens is 214 g/mol. The third-order valence-corrected chi connectivity index (χ3v) is 3.58. The maximum atomic E-state index is 10.4. The molecule has 0 fully saturated rings. The summed E-state index contributed by atoms with van der Waals surface area (Å²) < 4.78 is 1.20. The highest BCUT2D eigenvalue weighted by atomic mass is 32.2. The van der Waals surface area contributed by atoms with Crippen LogP contribution in [0.5, 0.6) is 0 Å². The Morgan fingerprint density at radius 3 is 2.86 bits per heavy atom. The van der Waals surface area contributed by atoms with E-state index in [9.17, 15) is 4.79 Å². The molecule has 0 amide bonds. The minimum atomic E-state index is 0.612. The van der Waals surface area contributed by atoms with Crippen molar-refractivity contribution in [1.29, 1.82) is 0 Å². The Labute approximate surface area is 90.0 Å². The van der Waals surface area contributed by atoms with Crippen LogP contribution in [-0.4, -0.2) is 11.3 Å². The van der Waals surface area contributed by atoms with Crippen LogP contribution in [0.3, 0.4) is 0 Å². The number of nitrogens with zero attached hydrogens (tertiary/aromatic N) is 1. The molecule has 2 heterocycles. The van der Waals surface area contributed by atoms with Gasteiger partial charge in [0.05, 0.1) is 4.21 Å². The summed E-state index contributed by atoms with van der Waals surface area (Å²) in [7, 11) is 0. The van der Waals surface area contributed by atoms with Crippen molar-refractivity contribution in [3.05, 3.63) is 41.4 Å². The number of thiophene rings is 1. The van der Waals surface area contributed by atoms with Crippen LogP contribution in [0.15, 0.2) is 45.1 Å². The second kappa shape index (κ2) is 4.39. The molecule has 2 aromatic rings. The highest BCUT2D eigenvalue weighted by Gasteiger charge is 1.99. The van der Waals surface area contributed by atoms with Gasteiger partial charge in [-0.1, -0.05) is 17.8 Å². The third kappa shape index (κ3) is 2.21. The average Bonchev–Trinajstić information content (AvgIpc) is 2.72. The van der Waals surface area contributed by atoms with Gasteiger partial charge in [0, 0.05) is 11.8 Å². The Kier molecular flexibility index (Phi) is 2.96. The summed E-state index contributed by atoms with van der Waals surface area (Å²) in [5.41, 5.74) is 0.612. The van der Waals surface area contributed by atoms with Crippen LogP contribution in [0.25, 0.3) is 0 Å². The van der Waals surface area contributed by atoms with Crippen LogP contribution in [0.1, 0.15) is 10.4 Å². The number of pyridine rings is 1. The predicted molar refractivity (Wildman–Crippen MR) is 58.1 cm³/mol. The van der Waals surface area contributed by atoms with Crippen molar-refractivity contribution in [3.8, 4) is 0 Å². The molecule has 0 saturated carbocycles. The lowest BCUT2D eigenvalue weighted by atomic mass is 10.3. The number of rotatable bonds is 3. The zero-order valence-corrected chi connectivity index (χ0v) is 8.85. The molecule has 0 aromatic carbocycles. The molecule has 0 radical (unpaired) electrons. The van der Waals surface area contributed by atoms with Crippen molar-refractivity contribution < 1.29 is 4.79 Å². The summed E-state index contributed by atoms with van der Waals surface area (Å²) in [4.78, 5) is 14.6. The SMILES string of the molecule is O=Cc1ccc(Sc2cccs2)nc1. The minimum Gasteiger partial charge on any atom is -0.298 e. The fourth-order valence-electron chi connectivity index (χ4n) is 0.946. The van der Waals surface area contributed by atoms with Gasteiger partial charge in [0.1, 0.15) is 5.03 Å². The van der Waals surface area contributed by atoms with Gasteiger partial charge in [0.2, 0.25) is 0 Å². The molecule has 4 heteroatoms. The van der Waals surface area contributed by atoms with E-state index in [1.54, 1.807) is 35.4 Å². The lowest BCUT2D eigenvalue weighted by Crippen LogP contribution is -1.83. The van der Waals surface area contributed by atoms with E-state index in [4.69, 9.17) is 0 Å². The van der Waals surface area contributed by atoms with Gasteiger partial charge in [-0.3, -0.25) is 4.79 Å². The Morgan fingerprint density at radius 1 is 1.36 bits per heavy atom. The van der Waals surface area contributed by atoms with Gasteiger partial charge in [0.15, 0.2) is 6.29 Å². The van der Waals surface area contributed by atoms with Gasteiger partial charge in [-0.2, -0.15) is 0 Å². The highest BCUT2D eigenvalue weighted by molar-refractivity contribution is 8.01. The molecule has 14 heavy (non-hydrogen) atoms. The van der Waals surface area contributed by atoms with Gasteiger partial charge < -0.3 is 0 Å². The molecule has 2 nitrogen and oxygen atoms in total. The second-order valence-electron chi connectivity index (χ2n) is 2.58. The van der Waals surface area contributed by atoms with Crippen LogP contribution >= 0.6 is 23.1 Å². The van der Waals surface area contributed by atoms with Gasteiger partial charge in [-0.15, -0.1) is 11.3 Å². The van der Waals surface area contributed by atoms with Crippen LogP contribution < -0.4 is 0 Å². The number of aldehydes is 1. The van der Waals surface area contributed by atoms with E-state index in [0.717, 1.165) is 11.3 Å². The Morgan fingerprint density at radius 2 is 2.29 bits per heavy atom. The molecule has 0 aliphatic rings. The van der Waals surface area contributed by atoms with Crippen LogP contribution in [0.2, 0.25) is 0 Å². The van der Waals surface area contributed by atoms with E-state index in [1.807, 2.05) is 23.6 Å². The first-order valence-corrected chi connectivity index (χ1v) is 5.71. The number of carbonyl (C=O) groups excluding carboxylic acids is 1. The third-order valence-electron chi connectivity index (χ3n) is 1.60. The molecule has 0 spiro atoms. The second-order valence-corrected chi connectivity index (χ2v) is 4.85. The number of carbonyl (C=O) groups is 1. The van der Waals surface area contributed by atoms with Crippen molar-refractivity contribution in [2.45, 2.75) is 9.24 Å². The first kappa shape index (κ1) is 9.43. The fourth-order valence-corrected chi connectivity index (χ4v) is 2.60. The van der Waals surface area contributed by atoms with E-state index in [2.05, 4.69) is 4.98 Å². The monoisotopic (exact) mass is 221 g/mol. The molecule has 0 N–H and O–H groups in total. The molecule has 0 aliphatic carbocycles. The summed E-state index contributed by atoms with van der Waals surface area (Å²) in [6, 6.07) is 7.68. The number of aromatic nitrogens is 1. The van der Waals surface area contributed by atoms with Gasteiger partial charge in [-0.05, 0) is 23.6 Å². The van der Waals surface area contributed by atoms with Gasteiger partial charge in [0.25, 0.3) is 0 Å². The first-order chi connectivity index (χ1) is 6.88. The summed E-state index contributed by atoms with van der Waals surface area (Å²) in [5, 5.41) is 2.94. The Balaban J connectivity index is 2.14. The molecule has 0 bridgehead atoms. The summed E-state index contributed by atoms with van der Waals surface area (Å²) in [6.07, 6.45) is 2.38. The van der Waals surface area contributed by atoms with E-state index >= 15 is 0 Å². The molecule has 0 saturated heterocycles. The number of hydrogen-bond acceptors (Lipinski definition) is 4. The van der Waals surface area contributed by atoms with Crippen LogP contribution in [-0.2, 0) is 0 Å². The average molecular weight is 221 g/mol. The standard InChI is InChI=1S/C10H7NOS2/c12-7-8-3-4-9(11-6-8)14-10-2-1-5-13-10/h1-7H. The van der Waals surface area contributed by atoms with Crippen molar-refractivity contribution in [3.63, 3.8) is 0 Å². The van der Waals surface area contributed by atoms with E-state index in [0.29, 0.717) is 5.56 Å². The molecule has 0 unspecified atom stereocenters. The highest BCUT2D eigenvalue weighted by Crippen LogP contribution is 2.29. The Hall–Kier alpha value is -1.13. The molecule has 70 valence electrons. The lowest BCUT2D eigenvalue weighted by Gasteiger charge is -1.96. The molecule has 0 aliphatic heterocycles.